The Morgan fingerprint density at radius 2 is 1.96 bits per heavy atom. The van der Waals surface area contributed by atoms with Crippen LogP contribution in [0.1, 0.15) is 74.9 Å². The van der Waals surface area contributed by atoms with Crippen molar-refractivity contribution in [2.75, 3.05) is 0 Å². The number of benzene rings is 1. The lowest BCUT2D eigenvalue weighted by atomic mass is 9.74. The molecule has 1 aromatic carbocycles. The van der Waals surface area contributed by atoms with E-state index in [4.69, 9.17) is 0 Å². The zero-order chi connectivity index (χ0) is 19.3. The Labute approximate surface area is 157 Å². The van der Waals surface area contributed by atoms with E-state index in [1.807, 2.05) is 19.1 Å². The van der Waals surface area contributed by atoms with Gasteiger partial charge in [0.05, 0.1) is 5.56 Å². The van der Waals surface area contributed by atoms with Crippen LogP contribution in [0.25, 0.3) is 0 Å². The predicted molar refractivity (Wildman–Crippen MR) is 109 cm³/mol. The van der Waals surface area contributed by atoms with Gasteiger partial charge in [-0.25, -0.2) is 0 Å². The van der Waals surface area contributed by atoms with Gasteiger partial charge in [-0.1, -0.05) is 56.2 Å². The van der Waals surface area contributed by atoms with Crippen LogP contribution in [0.15, 0.2) is 41.1 Å². The predicted octanol–water partition coefficient (Wildman–Crippen LogP) is 6.72. The number of nitrogens with zero attached hydrogens (tertiary/aromatic N) is 1. The summed E-state index contributed by atoms with van der Waals surface area (Å²) < 4.78 is 0. The highest BCUT2D eigenvalue weighted by Crippen LogP contribution is 2.38. The quantitative estimate of drug-likeness (QED) is 0.296. The molecule has 0 radical (unpaired) electrons. The van der Waals surface area contributed by atoms with Gasteiger partial charge in [-0.3, -0.25) is 4.79 Å². The zero-order valence-electron chi connectivity index (χ0n) is 16.6. The van der Waals surface area contributed by atoms with Crippen molar-refractivity contribution in [1.82, 2.24) is 0 Å². The van der Waals surface area contributed by atoms with Gasteiger partial charge in [-0.05, 0) is 67.7 Å². The van der Waals surface area contributed by atoms with Gasteiger partial charge in [0, 0.05) is 6.42 Å². The van der Waals surface area contributed by atoms with E-state index in [0.717, 1.165) is 43.2 Å². The van der Waals surface area contributed by atoms with Crippen molar-refractivity contribution in [3.05, 3.63) is 57.5 Å². The first kappa shape index (κ1) is 20.3. The summed E-state index contributed by atoms with van der Waals surface area (Å²) >= 11 is 0. The number of rotatable bonds is 8. The minimum Gasteiger partial charge on any atom is -0.294 e. The van der Waals surface area contributed by atoms with Gasteiger partial charge in [-0.15, -0.1) is 4.91 Å². The number of ketones is 1. The fraction of sp³-hybridized carbons (Fsp3) is 0.522. The van der Waals surface area contributed by atoms with Crippen molar-refractivity contribution >= 4 is 11.5 Å². The van der Waals surface area contributed by atoms with Crippen molar-refractivity contribution in [2.24, 2.45) is 17.0 Å². The van der Waals surface area contributed by atoms with E-state index in [0.29, 0.717) is 29.5 Å². The first-order chi connectivity index (χ1) is 12.4. The first-order valence-corrected chi connectivity index (χ1v) is 9.76. The Morgan fingerprint density at radius 1 is 1.27 bits per heavy atom. The molecule has 0 saturated heterocycles. The van der Waals surface area contributed by atoms with Crippen LogP contribution in [0.2, 0.25) is 0 Å². The number of nitroso groups, excluding NO2 is 1. The van der Waals surface area contributed by atoms with E-state index in [9.17, 15) is 9.70 Å². The lowest BCUT2D eigenvalue weighted by Crippen LogP contribution is -2.21. The van der Waals surface area contributed by atoms with Crippen molar-refractivity contribution < 1.29 is 4.79 Å². The number of carbonyl (C=O) groups excluding carboxylic acids is 1. The van der Waals surface area contributed by atoms with Gasteiger partial charge in [0.25, 0.3) is 0 Å². The Balaban J connectivity index is 2.48. The summed E-state index contributed by atoms with van der Waals surface area (Å²) in [4.78, 5) is 24.2. The largest absolute Gasteiger partial charge is 0.294 e. The molecular formula is C23H31NO2. The average Bonchev–Trinajstić information content (AvgIpc) is 2.61. The molecule has 1 aliphatic rings. The molecular weight excluding hydrogens is 322 g/mol. The second kappa shape index (κ2) is 9.07. The Bertz CT molecular complexity index is 730. The van der Waals surface area contributed by atoms with Crippen molar-refractivity contribution in [3.63, 3.8) is 0 Å². The Hall–Kier alpha value is -2.03. The maximum atomic E-state index is 12.5. The fourth-order valence-corrected chi connectivity index (χ4v) is 4.14. The van der Waals surface area contributed by atoms with Crippen LogP contribution in [-0.4, -0.2) is 5.78 Å². The molecule has 0 amide bonds. The lowest BCUT2D eigenvalue weighted by molar-refractivity contribution is 0.0988. The molecule has 0 aliphatic heterocycles. The lowest BCUT2D eigenvalue weighted by Gasteiger charge is -2.30. The highest BCUT2D eigenvalue weighted by atomic mass is 16.3. The third kappa shape index (κ3) is 4.38. The number of allylic oxidation sites excluding steroid dienone is 3. The molecule has 140 valence electrons. The summed E-state index contributed by atoms with van der Waals surface area (Å²) in [6, 6.07) is 4.02. The number of hydrogen-bond acceptors (Lipinski definition) is 3. The molecule has 0 bridgehead atoms. The Kier molecular flexibility index (Phi) is 7.07. The third-order valence-electron chi connectivity index (χ3n) is 5.51. The van der Waals surface area contributed by atoms with Crippen LogP contribution in [0.5, 0.6) is 0 Å². The van der Waals surface area contributed by atoms with Crippen LogP contribution in [0.4, 0.5) is 5.69 Å². The minimum absolute atomic E-state index is 0.0109. The van der Waals surface area contributed by atoms with Crippen LogP contribution < -0.4 is 0 Å². The van der Waals surface area contributed by atoms with Gasteiger partial charge in [0.15, 0.2) is 5.78 Å². The molecule has 1 unspecified atom stereocenters. The molecule has 1 aliphatic carbocycles. The smallest absolute Gasteiger partial charge is 0.165 e. The second-order valence-electron chi connectivity index (χ2n) is 7.60. The van der Waals surface area contributed by atoms with Crippen molar-refractivity contribution in [3.8, 4) is 0 Å². The molecule has 26 heavy (non-hydrogen) atoms. The van der Waals surface area contributed by atoms with Crippen LogP contribution >= 0.6 is 0 Å². The molecule has 0 N–H and O–H groups in total. The molecule has 0 heterocycles. The monoisotopic (exact) mass is 353 g/mol. The molecule has 0 saturated carbocycles. The van der Waals surface area contributed by atoms with E-state index >= 15 is 0 Å². The summed E-state index contributed by atoms with van der Waals surface area (Å²) in [6.45, 7) is 12.3. The van der Waals surface area contributed by atoms with Crippen LogP contribution in [0, 0.1) is 16.7 Å². The van der Waals surface area contributed by atoms with E-state index in [2.05, 4.69) is 38.6 Å². The van der Waals surface area contributed by atoms with Crippen LogP contribution in [0.3, 0.4) is 0 Å². The van der Waals surface area contributed by atoms with Gasteiger partial charge < -0.3 is 0 Å². The van der Waals surface area contributed by atoms with Gasteiger partial charge in [-0.2, -0.15) is 0 Å². The standard InChI is InChI=1S/C23H31NO2/c1-6-8-17-10-11-18(23(24-26)22(17)21(25)7-2)14-19-13-16(5)9-12-20(19)15(3)4/h10-11,13,19-20H,3,6-9,12,14H2,1-2,4-5H3/t19-,20?/m0/s1. The second-order valence-corrected chi connectivity index (χ2v) is 7.60. The first-order valence-electron chi connectivity index (χ1n) is 9.76. The molecule has 2 rings (SSSR count). The molecule has 0 aromatic heterocycles. The van der Waals surface area contributed by atoms with Gasteiger partial charge in [0.1, 0.15) is 5.69 Å². The van der Waals surface area contributed by atoms with Gasteiger partial charge >= 0.3 is 0 Å². The number of hydrogen-bond donors (Lipinski definition) is 0. The van der Waals surface area contributed by atoms with E-state index in [1.165, 1.54) is 11.1 Å². The normalized spacial score (nSPS) is 19.8. The average molecular weight is 354 g/mol. The summed E-state index contributed by atoms with van der Waals surface area (Å²) in [5.41, 5.74) is 5.32. The third-order valence-corrected chi connectivity index (χ3v) is 5.51. The van der Waals surface area contributed by atoms with Crippen LogP contribution in [-0.2, 0) is 12.8 Å². The summed E-state index contributed by atoms with van der Waals surface area (Å²) in [7, 11) is 0. The number of Topliss-reactive ketones (excluding diaryl/α,β-unsaturated/α-hetero) is 1. The maximum absolute atomic E-state index is 12.5. The number of aryl methyl sites for hydroxylation is 1. The Morgan fingerprint density at radius 3 is 2.54 bits per heavy atom. The maximum Gasteiger partial charge on any atom is 0.165 e. The highest BCUT2D eigenvalue weighted by molar-refractivity contribution is 6.02. The summed E-state index contributed by atoms with van der Waals surface area (Å²) in [5.74, 6) is 0.735. The van der Waals surface area contributed by atoms with Crippen molar-refractivity contribution in [1.29, 1.82) is 0 Å². The number of carbonyl (C=O) groups is 1. The molecule has 3 nitrogen and oxygen atoms in total. The van der Waals surface area contributed by atoms with Crippen molar-refractivity contribution in [2.45, 2.75) is 66.2 Å². The summed E-state index contributed by atoms with van der Waals surface area (Å²) in [5, 5.41) is 3.32. The fourth-order valence-electron chi connectivity index (χ4n) is 4.14. The zero-order valence-corrected chi connectivity index (χ0v) is 16.6. The molecule has 1 aromatic rings. The molecule has 3 heteroatoms. The molecule has 2 atom stereocenters. The SMILES string of the molecule is C=C(C)C1CCC(C)=C[C@H]1Cc1ccc(CCC)c(C(=O)CC)c1N=O. The van der Waals surface area contributed by atoms with E-state index < -0.39 is 0 Å². The summed E-state index contributed by atoms with van der Waals surface area (Å²) in [6.07, 6.45) is 7.36. The highest BCUT2D eigenvalue weighted by Gasteiger charge is 2.27. The molecule has 0 spiro atoms. The van der Waals surface area contributed by atoms with E-state index in [-0.39, 0.29) is 5.78 Å². The minimum atomic E-state index is 0.0109. The molecule has 0 fully saturated rings. The van der Waals surface area contributed by atoms with Gasteiger partial charge in [0.2, 0.25) is 0 Å². The van der Waals surface area contributed by atoms with E-state index in [1.54, 1.807) is 0 Å². The topological polar surface area (TPSA) is 46.5 Å².